The fourth-order valence-electron chi connectivity index (χ4n) is 4.04. The lowest BCUT2D eigenvalue weighted by Crippen LogP contribution is -2.51. The van der Waals surface area contributed by atoms with Crippen molar-refractivity contribution >= 4 is 11.8 Å². The third kappa shape index (κ3) is 4.90. The summed E-state index contributed by atoms with van der Waals surface area (Å²) in [6.07, 6.45) is -1.85. The van der Waals surface area contributed by atoms with Crippen molar-refractivity contribution in [3.8, 4) is 0 Å². The Morgan fingerprint density at radius 2 is 1.60 bits per heavy atom. The summed E-state index contributed by atoms with van der Waals surface area (Å²) < 4.78 is 5.38. The van der Waals surface area contributed by atoms with Crippen LogP contribution in [-0.4, -0.2) is 57.7 Å². The van der Waals surface area contributed by atoms with Crippen molar-refractivity contribution in [2.75, 3.05) is 13.7 Å². The zero-order valence-electron chi connectivity index (χ0n) is 17.8. The lowest BCUT2D eigenvalue weighted by molar-refractivity contribution is -0.0701. The molecule has 1 aliphatic heterocycles. The largest absolute Gasteiger partial charge is 0.395 e. The molecule has 2 aromatic carbocycles. The van der Waals surface area contributed by atoms with E-state index in [-0.39, 0.29) is 6.61 Å². The lowest BCUT2D eigenvalue weighted by Gasteiger charge is -2.40. The molecule has 5 nitrogen and oxygen atoms in total. The fourth-order valence-corrected chi connectivity index (χ4v) is 5.51. The van der Waals surface area contributed by atoms with Crippen LogP contribution < -0.4 is 0 Å². The SMILES string of the molecule is CCc1ccc(Cc2cc(C3S[C@H](CO)[C@@H](O)[C@H](O)[C@H]3O)c(COC)cc2C)cc1. The Labute approximate surface area is 182 Å². The van der Waals surface area contributed by atoms with E-state index in [1.807, 2.05) is 0 Å². The van der Waals surface area contributed by atoms with Crippen LogP contribution in [0.25, 0.3) is 0 Å². The highest BCUT2D eigenvalue weighted by molar-refractivity contribution is 8.00. The van der Waals surface area contributed by atoms with E-state index in [1.54, 1.807) is 7.11 Å². The Bertz CT molecular complexity index is 836. The van der Waals surface area contributed by atoms with Crippen molar-refractivity contribution in [2.45, 2.75) is 62.1 Å². The number of rotatable bonds is 7. The minimum Gasteiger partial charge on any atom is -0.395 e. The Hall–Kier alpha value is -1.41. The predicted octanol–water partition coefficient (Wildman–Crippen LogP) is 2.53. The van der Waals surface area contributed by atoms with Crippen molar-refractivity contribution in [1.82, 2.24) is 0 Å². The molecule has 0 bridgehead atoms. The summed E-state index contributed by atoms with van der Waals surface area (Å²) in [4.78, 5) is 0. The number of aryl methyl sites for hydroxylation is 2. The summed E-state index contributed by atoms with van der Waals surface area (Å²) in [6, 6.07) is 12.7. The maximum atomic E-state index is 10.7. The minimum absolute atomic E-state index is 0.270. The Balaban J connectivity index is 1.98. The standard InChI is InChI=1S/C24H32O5S/c1-4-15-5-7-16(8-6-15)10-17-11-19(18(13-29-3)9-14(17)2)24-23(28)22(27)21(26)20(12-25)30-24/h5-9,11,20-28H,4,10,12-13H2,1-3H3/t20-,21-,22+,23-,24?/m1/s1. The molecule has 1 aliphatic rings. The fraction of sp³-hybridized carbons (Fsp3) is 0.500. The van der Waals surface area contributed by atoms with Crippen LogP contribution in [0.1, 0.15) is 45.6 Å². The molecule has 164 valence electrons. The van der Waals surface area contributed by atoms with E-state index in [9.17, 15) is 20.4 Å². The molecule has 6 heteroatoms. The van der Waals surface area contributed by atoms with Crippen molar-refractivity contribution in [2.24, 2.45) is 0 Å². The molecule has 0 aromatic heterocycles. The zero-order valence-corrected chi connectivity index (χ0v) is 18.6. The van der Waals surface area contributed by atoms with Crippen LogP contribution >= 0.6 is 11.8 Å². The van der Waals surface area contributed by atoms with Crippen molar-refractivity contribution in [3.05, 3.63) is 69.8 Å². The van der Waals surface area contributed by atoms with Gasteiger partial charge in [-0.1, -0.05) is 43.3 Å². The minimum atomic E-state index is -1.31. The molecule has 2 aromatic rings. The number of benzene rings is 2. The highest BCUT2D eigenvalue weighted by Gasteiger charge is 2.44. The average molecular weight is 433 g/mol. The summed E-state index contributed by atoms with van der Waals surface area (Å²) in [5.74, 6) is 0. The molecule has 1 saturated heterocycles. The van der Waals surface area contributed by atoms with Crippen LogP contribution in [0, 0.1) is 6.92 Å². The average Bonchev–Trinajstić information content (AvgIpc) is 2.75. The van der Waals surface area contributed by atoms with Gasteiger partial charge in [0.15, 0.2) is 0 Å². The number of aliphatic hydroxyl groups excluding tert-OH is 4. The zero-order chi connectivity index (χ0) is 21.8. The maximum absolute atomic E-state index is 10.7. The van der Waals surface area contributed by atoms with Gasteiger partial charge in [0, 0.05) is 7.11 Å². The lowest BCUT2D eigenvalue weighted by atomic mass is 9.89. The second-order valence-corrected chi connectivity index (χ2v) is 9.39. The highest BCUT2D eigenvalue weighted by Crippen LogP contribution is 2.45. The second-order valence-electron chi connectivity index (χ2n) is 8.01. The normalized spacial score (nSPS) is 26.7. The van der Waals surface area contributed by atoms with E-state index in [0.29, 0.717) is 6.61 Å². The van der Waals surface area contributed by atoms with Crippen LogP contribution in [0.5, 0.6) is 0 Å². The second kappa shape index (κ2) is 10.3. The van der Waals surface area contributed by atoms with Crippen LogP contribution in [0.2, 0.25) is 0 Å². The van der Waals surface area contributed by atoms with Crippen molar-refractivity contribution in [3.63, 3.8) is 0 Å². The van der Waals surface area contributed by atoms with Gasteiger partial charge in [0.25, 0.3) is 0 Å². The van der Waals surface area contributed by atoms with Crippen molar-refractivity contribution in [1.29, 1.82) is 0 Å². The topological polar surface area (TPSA) is 90.2 Å². The van der Waals surface area contributed by atoms with Gasteiger partial charge in [0.1, 0.15) is 6.10 Å². The van der Waals surface area contributed by atoms with E-state index in [2.05, 4.69) is 50.2 Å². The molecule has 3 rings (SSSR count). The number of methoxy groups -OCH3 is 1. The Kier molecular flexibility index (Phi) is 7.96. The van der Waals surface area contributed by atoms with Gasteiger partial charge in [-0.2, -0.15) is 0 Å². The maximum Gasteiger partial charge on any atom is 0.108 e. The van der Waals surface area contributed by atoms with E-state index >= 15 is 0 Å². The number of hydrogen-bond acceptors (Lipinski definition) is 6. The molecule has 0 spiro atoms. The van der Waals surface area contributed by atoms with Crippen LogP contribution in [-0.2, 0) is 24.2 Å². The highest BCUT2D eigenvalue weighted by atomic mass is 32.2. The Morgan fingerprint density at radius 1 is 0.933 bits per heavy atom. The summed E-state index contributed by atoms with van der Waals surface area (Å²) in [5.41, 5.74) is 6.61. The van der Waals surface area contributed by atoms with Gasteiger partial charge in [-0.15, -0.1) is 11.8 Å². The summed E-state index contributed by atoms with van der Waals surface area (Å²) in [6.45, 7) is 4.32. The van der Waals surface area contributed by atoms with Gasteiger partial charge in [-0.05, 0) is 53.1 Å². The first-order valence-corrected chi connectivity index (χ1v) is 11.3. The molecule has 0 radical (unpaired) electrons. The molecule has 5 atom stereocenters. The molecule has 1 heterocycles. The van der Waals surface area contributed by atoms with E-state index in [4.69, 9.17) is 4.74 Å². The number of aliphatic hydroxyl groups is 4. The van der Waals surface area contributed by atoms with Crippen LogP contribution in [0.4, 0.5) is 0 Å². The smallest absolute Gasteiger partial charge is 0.108 e. The molecular formula is C24H32O5S. The third-order valence-corrected chi connectivity index (χ3v) is 7.53. The first kappa shape index (κ1) is 23.3. The predicted molar refractivity (Wildman–Crippen MR) is 120 cm³/mol. The number of hydrogen-bond donors (Lipinski definition) is 4. The molecule has 4 N–H and O–H groups in total. The van der Waals surface area contributed by atoms with Crippen LogP contribution in [0.3, 0.4) is 0 Å². The van der Waals surface area contributed by atoms with Gasteiger partial charge in [0.05, 0.1) is 35.9 Å². The van der Waals surface area contributed by atoms with Gasteiger partial charge >= 0.3 is 0 Å². The summed E-state index contributed by atoms with van der Waals surface area (Å²) in [7, 11) is 1.63. The molecule has 0 aliphatic carbocycles. The molecule has 1 unspecified atom stereocenters. The van der Waals surface area contributed by atoms with Gasteiger partial charge in [-0.3, -0.25) is 0 Å². The Morgan fingerprint density at radius 3 is 2.20 bits per heavy atom. The third-order valence-electron chi connectivity index (χ3n) is 5.92. The van der Waals surface area contributed by atoms with Gasteiger partial charge < -0.3 is 25.2 Å². The summed E-state index contributed by atoms with van der Waals surface area (Å²) in [5, 5.41) is 39.9. The molecule has 1 fully saturated rings. The van der Waals surface area contributed by atoms with E-state index in [0.717, 1.165) is 35.1 Å². The molecule has 0 saturated carbocycles. The summed E-state index contributed by atoms with van der Waals surface area (Å²) >= 11 is 1.30. The number of ether oxygens (including phenoxy) is 1. The molecule has 30 heavy (non-hydrogen) atoms. The van der Waals surface area contributed by atoms with Gasteiger partial charge in [-0.25, -0.2) is 0 Å². The quantitative estimate of drug-likeness (QED) is 0.538. The number of thioether (sulfide) groups is 1. The molecule has 0 amide bonds. The van der Waals surface area contributed by atoms with Crippen LogP contribution in [0.15, 0.2) is 36.4 Å². The monoisotopic (exact) mass is 432 g/mol. The van der Waals surface area contributed by atoms with E-state index in [1.165, 1.54) is 22.9 Å². The van der Waals surface area contributed by atoms with Crippen molar-refractivity contribution < 1.29 is 25.2 Å². The first-order valence-electron chi connectivity index (χ1n) is 10.4. The first-order chi connectivity index (χ1) is 14.4. The van der Waals surface area contributed by atoms with Gasteiger partial charge in [0.2, 0.25) is 0 Å². The molecular weight excluding hydrogens is 400 g/mol. The van der Waals surface area contributed by atoms with E-state index < -0.39 is 28.8 Å².